The van der Waals surface area contributed by atoms with Crippen molar-refractivity contribution in [1.82, 2.24) is 4.72 Å². The molecule has 1 atom stereocenters. The molecule has 0 bridgehead atoms. The summed E-state index contributed by atoms with van der Waals surface area (Å²) in [5.41, 5.74) is 6.40. The van der Waals surface area contributed by atoms with Crippen LogP contribution in [0.25, 0.3) is 0 Å². The van der Waals surface area contributed by atoms with Gasteiger partial charge in [-0.3, -0.25) is 0 Å². The fraction of sp³-hybridized carbons (Fsp3) is 0.154. The molecule has 0 amide bonds. The summed E-state index contributed by atoms with van der Waals surface area (Å²) in [5, 5.41) is 0. The molecule has 4 nitrogen and oxygen atoms in total. The summed E-state index contributed by atoms with van der Waals surface area (Å²) in [6.07, 6.45) is 0. The summed E-state index contributed by atoms with van der Waals surface area (Å²) in [6.45, 7) is 1.75. The number of halogens is 1. The zero-order chi connectivity index (χ0) is 15.6. The second kappa shape index (κ2) is 6.53. The molecule has 1 aromatic carbocycles. The molecule has 0 aliphatic carbocycles. The molecule has 1 heterocycles. The summed E-state index contributed by atoms with van der Waals surface area (Å²) >= 11 is 9.65. The van der Waals surface area contributed by atoms with E-state index in [0.29, 0.717) is 10.4 Å². The van der Waals surface area contributed by atoms with Gasteiger partial charge in [-0.1, -0.05) is 42.5 Å². The first kappa shape index (κ1) is 16.6. The van der Waals surface area contributed by atoms with E-state index in [9.17, 15) is 8.42 Å². The summed E-state index contributed by atoms with van der Waals surface area (Å²) in [7, 11) is -3.70. The topological polar surface area (TPSA) is 72.2 Å². The van der Waals surface area contributed by atoms with Crippen molar-refractivity contribution < 1.29 is 8.42 Å². The van der Waals surface area contributed by atoms with Gasteiger partial charge in [-0.2, -0.15) is 4.72 Å². The third-order valence-electron chi connectivity index (χ3n) is 2.82. The molecule has 1 aromatic heterocycles. The number of thiophene rings is 1. The Bertz CT molecular complexity index is 757. The van der Waals surface area contributed by atoms with Crippen molar-refractivity contribution in [1.29, 1.82) is 0 Å². The van der Waals surface area contributed by atoms with Crippen LogP contribution in [-0.4, -0.2) is 13.4 Å². The van der Waals surface area contributed by atoms with Crippen LogP contribution in [0, 0.1) is 6.92 Å². The maximum Gasteiger partial charge on any atom is 0.242 e. The highest BCUT2D eigenvalue weighted by atomic mass is 79.9. The molecular weight excluding hydrogens is 392 g/mol. The van der Waals surface area contributed by atoms with Gasteiger partial charge in [-0.25, -0.2) is 8.42 Å². The minimum absolute atomic E-state index is 0.0803. The summed E-state index contributed by atoms with van der Waals surface area (Å²) < 4.78 is 28.4. The van der Waals surface area contributed by atoms with Crippen LogP contribution in [0.1, 0.15) is 16.5 Å². The number of nitrogens with two attached hydrogens (primary N) is 1. The SMILES string of the molecule is Cc1sc(Br)cc1S(=O)(=O)NC(C(N)=S)c1ccccc1. The number of hydrogen-bond donors (Lipinski definition) is 2. The third kappa shape index (κ3) is 3.89. The molecule has 0 saturated carbocycles. The highest BCUT2D eigenvalue weighted by Gasteiger charge is 2.25. The van der Waals surface area contributed by atoms with E-state index in [2.05, 4.69) is 20.7 Å². The van der Waals surface area contributed by atoms with E-state index in [4.69, 9.17) is 18.0 Å². The molecule has 3 N–H and O–H groups in total. The number of benzene rings is 1. The fourth-order valence-electron chi connectivity index (χ4n) is 1.85. The normalized spacial score (nSPS) is 13.0. The highest BCUT2D eigenvalue weighted by molar-refractivity contribution is 9.11. The number of nitrogens with one attached hydrogen (secondary N) is 1. The first-order chi connectivity index (χ1) is 9.81. The quantitative estimate of drug-likeness (QED) is 0.750. The first-order valence-electron chi connectivity index (χ1n) is 5.94. The molecule has 1 unspecified atom stereocenters. The maximum atomic E-state index is 12.5. The zero-order valence-corrected chi connectivity index (χ0v) is 15.1. The minimum Gasteiger partial charge on any atom is -0.392 e. The van der Waals surface area contributed by atoms with Crippen LogP contribution in [0.2, 0.25) is 0 Å². The van der Waals surface area contributed by atoms with Crippen molar-refractivity contribution in [3.63, 3.8) is 0 Å². The molecule has 0 spiro atoms. The average molecular weight is 405 g/mol. The molecular formula is C13H13BrN2O2S3. The van der Waals surface area contributed by atoms with Crippen molar-refractivity contribution in [2.24, 2.45) is 5.73 Å². The van der Waals surface area contributed by atoms with E-state index < -0.39 is 16.1 Å². The molecule has 112 valence electrons. The van der Waals surface area contributed by atoms with Crippen LogP contribution < -0.4 is 10.5 Å². The van der Waals surface area contributed by atoms with Crippen molar-refractivity contribution >= 4 is 54.5 Å². The Labute approximate surface area is 141 Å². The van der Waals surface area contributed by atoms with E-state index in [1.807, 2.05) is 6.07 Å². The maximum absolute atomic E-state index is 12.5. The molecule has 0 fully saturated rings. The number of sulfonamides is 1. The van der Waals surface area contributed by atoms with Gasteiger partial charge in [0.25, 0.3) is 0 Å². The lowest BCUT2D eigenvalue weighted by atomic mass is 10.1. The molecule has 0 aliphatic rings. The van der Waals surface area contributed by atoms with Crippen molar-refractivity contribution in [2.45, 2.75) is 17.9 Å². The van der Waals surface area contributed by atoms with Gasteiger partial charge in [0.05, 0.1) is 19.7 Å². The highest BCUT2D eigenvalue weighted by Crippen LogP contribution is 2.30. The third-order valence-corrected chi connectivity index (χ3v) is 6.29. The van der Waals surface area contributed by atoms with Crippen molar-refractivity contribution in [3.05, 3.63) is 50.6 Å². The molecule has 0 saturated heterocycles. The Morgan fingerprint density at radius 1 is 1.38 bits per heavy atom. The van der Waals surface area contributed by atoms with Crippen LogP contribution >= 0.6 is 39.5 Å². The standard InChI is InChI=1S/C13H13BrN2O2S3/c1-8-10(7-11(14)20-8)21(17,18)16-12(13(15)19)9-5-3-2-4-6-9/h2-7,12,16H,1H3,(H2,15,19). The number of thiocarbonyl (C=S) groups is 1. The first-order valence-corrected chi connectivity index (χ1v) is 9.44. The van der Waals surface area contributed by atoms with E-state index in [1.165, 1.54) is 11.3 Å². The molecule has 2 aromatic rings. The Morgan fingerprint density at radius 3 is 2.48 bits per heavy atom. The van der Waals surface area contributed by atoms with Gasteiger partial charge in [-0.15, -0.1) is 11.3 Å². The number of aryl methyl sites for hydroxylation is 1. The second-order valence-electron chi connectivity index (χ2n) is 4.34. The van der Waals surface area contributed by atoms with Gasteiger partial charge in [0.1, 0.15) is 0 Å². The Hall–Kier alpha value is -0.800. The lowest BCUT2D eigenvalue weighted by molar-refractivity contribution is 0.577. The van der Waals surface area contributed by atoms with Crippen molar-refractivity contribution in [2.75, 3.05) is 0 Å². The number of rotatable bonds is 5. The lowest BCUT2D eigenvalue weighted by Gasteiger charge is -2.17. The van der Waals surface area contributed by atoms with Crippen LogP contribution in [-0.2, 0) is 10.0 Å². The molecule has 21 heavy (non-hydrogen) atoms. The van der Waals surface area contributed by atoms with E-state index >= 15 is 0 Å². The predicted octanol–water partition coefficient (Wildman–Crippen LogP) is 3.12. The summed E-state index contributed by atoms with van der Waals surface area (Å²) in [5.74, 6) is 0. The van der Waals surface area contributed by atoms with Crippen LogP contribution in [0.3, 0.4) is 0 Å². The van der Waals surface area contributed by atoms with Crippen molar-refractivity contribution in [3.8, 4) is 0 Å². The second-order valence-corrected chi connectivity index (χ2v) is 9.13. The van der Waals surface area contributed by atoms with Gasteiger partial charge >= 0.3 is 0 Å². The molecule has 0 aliphatic heterocycles. The van der Waals surface area contributed by atoms with E-state index in [0.717, 1.165) is 3.79 Å². The van der Waals surface area contributed by atoms with Crippen LogP contribution in [0.5, 0.6) is 0 Å². The fourth-order valence-corrected chi connectivity index (χ4v) is 5.74. The molecule has 0 radical (unpaired) electrons. The monoisotopic (exact) mass is 404 g/mol. The summed E-state index contributed by atoms with van der Waals surface area (Å²) in [4.78, 5) is 1.01. The lowest BCUT2D eigenvalue weighted by Crippen LogP contribution is -2.36. The molecule has 8 heteroatoms. The van der Waals surface area contributed by atoms with Gasteiger partial charge in [0.2, 0.25) is 10.0 Å². The Balaban J connectivity index is 2.37. The van der Waals surface area contributed by atoms with Crippen LogP contribution in [0.15, 0.2) is 45.1 Å². The number of hydrogen-bond acceptors (Lipinski definition) is 4. The summed E-state index contributed by atoms with van der Waals surface area (Å²) in [6, 6.07) is 9.86. The van der Waals surface area contributed by atoms with Gasteiger partial charge in [0.15, 0.2) is 0 Å². The predicted molar refractivity (Wildman–Crippen MR) is 93.0 cm³/mol. The largest absolute Gasteiger partial charge is 0.392 e. The van der Waals surface area contributed by atoms with Gasteiger partial charge in [0, 0.05) is 4.88 Å². The Morgan fingerprint density at radius 2 is 2.00 bits per heavy atom. The molecule has 2 rings (SSSR count). The minimum atomic E-state index is -3.70. The Kier molecular flexibility index (Phi) is 5.15. The zero-order valence-electron chi connectivity index (χ0n) is 11.0. The van der Waals surface area contributed by atoms with Crippen LogP contribution in [0.4, 0.5) is 0 Å². The smallest absolute Gasteiger partial charge is 0.242 e. The van der Waals surface area contributed by atoms with Gasteiger partial charge in [-0.05, 0) is 34.5 Å². The van der Waals surface area contributed by atoms with E-state index in [1.54, 1.807) is 37.3 Å². The average Bonchev–Trinajstić information content (AvgIpc) is 2.77. The van der Waals surface area contributed by atoms with E-state index in [-0.39, 0.29) is 9.88 Å². The van der Waals surface area contributed by atoms with Gasteiger partial charge < -0.3 is 5.73 Å².